The zero-order valence-corrected chi connectivity index (χ0v) is 18.8. The van der Waals surface area contributed by atoms with Crippen LogP contribution in [0.1, 0.15) is 17.0 Å². The molecule has 1 aliphatic rings. The molecule has 0 spiro atoms. The number of fused-ring (bicyclic) bond motifs is 1. The summed E-state index contributed by atoms with van der Waals surface area (Å²) >= 11 is 0. The Labute approximate surface area is 194 Å². The standard InChI is InChI=1S/C25H21N5O4/c1-15-8-10-16(11-9-15)22-26-21(27-34-22)14-30-13-17(18-6-4-5-7-20(18)30)12-19-23(31)28(2)25(33)29(3)24(19)32/h4-13H,14H2,1-3H3. The lowest BCUT2D eigenvalue weighted by molar-refractivity contribution is -0.134. The van der Waals surface area contributed by atoms with Crippen molar-refractivity contribution in [2.75, 3.05) is 14.1 Å². The van der Waals surface area contributed by atoms with E-state index in [1.54, 1.807) is 0 Å². The first kappa shape index (κ1) is 21.3. The Balaban J connectivity index is 1.51. The first-order chi connectivity index (χ1) is 16.3. The molecule has 1 saturated heterocycles. The molecule has 9 nitrogen and oxygen atoms in total. The van der Waals surface area contributed by atoms with Crippen molar-refractivity contribution in [1.82, 2.24) is 24.5 Å². The predicted molar refractivity (Wildman–Crippen MR) is 124 cm³/mol. The molecule has 3 heterocycles. The zero-order chi connectivity index (χ0) is 24.0. The van der Waals surface area contributed by atoms with Crippen molar-refractivity contribution in [1.29, 1.82) is 0 Å². The van der Waals surface area contributed by atoms with Crippen molar-refractivity contribution >= 4 is 34.8 Å². The van der Waals surface area contributed by atoms with Crippen LogP contribution in [-0.4, -0.2) is 56.4 Å². The lowest BCUT2D eigenvalue weighted by Crippen LogP contribution is -2.52. The number of para-hydroxylation sites is 1. The number of barbiturate groups is 1. The number of carbonyl (C=O) groups is 3. The van der Waals surface area contributed by atoms with Gasteiger partial charge in [0.15, 0.2) is 5.82 Å². The number of amides is 4. The van der Waals surface area contributed by atoms with Gasteiger partial charge < -0.3 is 9.09 Å². The second kappa shape index (κ2) is 8.11. The van der Waals surface area contributed by atoms with Gasteiger partial charge in [-0.05, 0) is 31.2 Å². The van der Waals surface area contributed by atoms with Crippen LogP contribution in [0.2, 0.25) is 0 Å². The normalized spacial score (nSPS) is 14.4. The molecule has 9 heteroatoms. The van der Waals surface area contributed by atoms with Crippen LogP contribution < -0.4 is 0 Å². The molecule has 0 saturated carbocycles. The lowest BCUT2D eigenvalue weighted by Gasteiger charge is -2.28. The number of aryl methyl sites for hydroxylation is 1. The highest BCUT2D eigenvalue weighted by Gasteiger charge is 2.38. The van der Waals surface area contributed by atoms with Gasteiger partial charge in [0, 0.05) is 42.3 Å². The molecule has 0 aliphatic carbocycles. The van der Waals surface area contributed by atoms with Gasteiger partial charge in [-0.2, -0.15) is 4.98 Å². The summed E-state index contributed by atoms with van der Waals surface area (Å²) in [6.45, 7) is 2.34. The summed E-state index contributed by atoms with van der Waals surface area (Å²) in [6.07, 6.45) is 3.35. The van der Waals surface area contributed by atoms with E-state index in [9.17, 15) is 14.4 Å². The van der Waals surface area contributed by atoms with Gasteiger partial charge in [0.25, 0.3) is 17.7 Å². The summed E-state index contributed by atoms with van der Waals surface area (Å²) in [4.78, 5) is 43.7. The van der Waals surface area contributed by atoms with Gasteiger partial charge in [0.2, 0.25) is 0 Å². The molecule has 2 aromatic heterocycles. The summed E-state index contributed by atoms with van der Waals surface area (Å²) in [5.74, 6) is -0.343. The number of urea groups is 1. The number of nitrogens with zero attached hydrogens (tertiary/aromatic N) is 5. The van der Waals surface area contributed by atoms with E-state index in [2.05, 4.69) is 10.1 Å². The third-order valence-electron chi connectivity index (χ3n) is 5.84. The van der Waals surface area contributed by atoms with Gasteiger partial charge in [0.05, 0.1) is 6.54 Å². The number of carbonyl (C=O) groups excluding carboxylic acids is 3. The molecule has 1 fully saturated rings. The zero-order valence-electron chi connectivity index (χ0n) is 18.8. The summed E-state index contributed by atoms with van der Waals surface area (Å²) in [6, 6.07) is 14.8. The third-order valence-corrected chi connectivity index (χ3v) is 5.84. The van der Waals surface area contributed by atoms with Gasteiger partial charge in [0.1, 0.15) is 5.57 Å². The van der Waals surface area contributed by atoms with Gasteiger partial charge in [-0.25, -0.2) is 4.79 Å². The first-order valence-electron chi connectivity index (χ1n) is 10.6. The molecule has 4 amide bonds. The fourth-order valence-corrected chi connectivity index (χ4v) is 3.94. The number of hydrogen-bond acceptors (Lipinski definition) is 6. The van der Waals surface area contributed by atoms with Crippen LogP contribution >= 0.6 is 0 Å². The molecule has 4 aromatic rings. The Morgan fingerprint density at radius 1 is 0.941 bits per heavy atom. The van der Waals surface area contributed by atoms with Gasteiger partial charge in [-0.1, -0.05) is 41.1 Å². The summed E-state index contributed by atoms with van der Waals surface area (Å²) in [7, 11) is 2.71. The summed E-state index contributed by atoms with van der Waals surface area (Å²) in [5, 5.41) is 4.96. The monoisotopic (exact) mass is 455 g/mol. The molecule has 34 heavy (non-hydrogen) atoms. The number of rotatable bonds is 4. The Hall–Kier alpha value is -4.53. The van der Waals surface area contributed by atoms with Crippen LogP contribution in [0.5, 0.6) is 0 Å². The van der Waals surface area contributed by atoms with Crippen LogP contribution in [-0.2, 0) is 16.1 Å². The van der Waals surface area contributed by atoms with Crippen LogP contribution in [0, 0.1) is 6.92 Å². The molecule has 0 N–H and O–H groups in total. The highest BCUT2D eigenvalue weighted by molar-refractivity contribution is 6.31. The molecule has 0 atom stereocenters. The van der Waals surface area contributed by atoms with E-state index in [0.29, 0.717) is 23.8 Å². The van der Waals surface area contributed by atoms with Gasteiger partial charge >= 0.3 is 6.03 Å². The van der Waals surface area contributed by atoms with Crippen LogP contribution in [0.25, 0.3) is 28.4 Å². The highest BCUT2D eigenvalue weighted by atomic mass is 16.5. The maximum atomic E-state index is 12.6. The predicted octanol–water partition coefficient (Wildman–Crippen LogP) is 3.48. The first-order valence-corrected chi connectivity index (χ1v) is 10.6. The van der Waals surface area contributed by atoms with E-state index in [0.717, 1.165) is 31.8 Å². The third kappa shape index (κ3) is 3.57. The minimum atomic E-state index is -0.656. The molecule has 170 valence electrons. The van der Waals surface area contributed by atoms with E-state index in [4.69, 9.17) is 4.52 Å². The second-order valence-corrected chi connectivity index (χ2v) is 8.18. The van der Waals surface area contributed by atoms with Gasteiger partial charge in [-0.15, -0.1) is 0 Å². The van der Waals surface area contributed by atoms with Crippen molar-refractivity contribution < 1.29 is 18.9 Å². The van der Waals surface area contributed by atoms with Crippen molar-refractivity contribution in [2.24, 2.45) is 0 Å². The SMILES string of the molecule is Cc1ccc(-c2nc(Cn3cc(C=C4C(=O)N(C)C(=O)N(C)C4=O)c4ccccc43)no2)cc1. The number of benzene rings is 2. The van der Waals surface area contributed by atoms with Crippen LogP contribution in [0.15, 0.2) is 64.8 Å². The largest absolute Gasteiger partial charge is 0.339 e. The summed E-state index contributed by atoms with van der Waals surface area (Å²) < 4.78 is 7.38. The molecule has 5 rings (SSSR count). The fraction of sp³-hybridized carbons (Fsp3) is 0.160. The minimum Gasteiger partial charge on any atom is -0.339 e. The average molecular weight is 455 g/mol. The second-order valence-electron chi connectivity index (χ2n) is 8.18. The number of aromatic nitrogens is 3. The minimum absolute atomic E-state index is 0.0753. The molecule has 2 aromatic carbocycles. The van der Waals surface area contributed by atoms with E-state index >= 15 is 0 Å². The molecular weight excluding hydrogens is 434 g/mol. The molecule has 0 unspecified atom stereocenters. The van der Waals surface area contributed by atoms with E-state index < -0.39 is 17.8 Å². The van der Waals surface area contributed by atoms with Crippen LogP contribution in [0.4, 0.5) is 4.79 Å². The topological polar surface area (TPSA) is 102 Å². The van der Waals surface area contributed by atoms with Crippen LogP contribution in [0.3, 0.4) is 0 Å². The Kier molecular flexibility index (Phi) is 5.09. The summed E-state index contributed by atoms with van der Waals surface area (Å²) in [5.41, 5.74) is 3.45. The smallest absolute Gasteiger partial charge is 0.333 e. The maximum Gasteiger partial charge on any atom is 0.333 e. The quantitative estimate of drug-likeness (QED) is 0.345. The Bertz CT molecular complexity index is 1450. The molecule has 0 bridgehead atoms. The number of imide groups is 2. The van der Waals surface area contributed by atoms with Gasteiger partial charge in [-0.3, -0.25) is 19.4 Å². The molecular formula is C25H21N5O4. The van der Waals surface area contributed by atoms with Crippen molar-refractivity contribution in [2.45, 2.75) is 13.5 Å². The Morgan fingerprint density at radius 3 is 2.32 bits per heavy atom. The van der Waals surface area contributed by atoms with Crippen molar-refractivity contribution in [3.05, 3.63) is 77.3 Å². The fourth-order valence-electron chi connectivity index (χ4n) is 3.94. The van der Waals surface area contributed by atoms with E-state index in [1.165, 1.54) is 20.2 Å². The average Bonchev–Trinajstić information content (AvgIpc) is 3.45. The number of likely N-dealkylation sites (N-methyl/N-ethyl adjacent to an activating group) is 2. The van der Waals surface area contributed by atoms with Crippen molar-refractivity contribution in [3.8, 4) is 11.5 Å². The molecule has 0 radical (unpaired) electrons. The molecule has 1 aliphatic heterocycles. The Morgan fingerprint density at radius 2 is 1.62 bits per heavy atom. The van der Waals surface area contributed by atoms with Crippen molar-refractivity contribution in [3.63, 3.8) is 0 Å². The number of hydrogen-bond donors (Lipinski definition) is 0. The van der Waals surface area contributed by atoms with E-state index in [1.807, 2.05) is 66.2 Å². The lowest BCUT2D eigenvalue weighted by atomic mass is 10.1. The highest BCUT2D eigenvalue weighted by Crippen LogP contribution is 2.27. The van der Waals surface area contributed by atoms with E-state index in [-0.39, 0.29) is 5.57 Å². The maximum absolute atomic E-state index is 12.6.